The summed E-state index contributed by atoms with van der Waals surface area (Å²) in [6.45, 7) is -0.229. The second-order valence-corrected chi connectivity index (χ2v) is 6.59. The van der Waals surface area contributed by atoms with Gasteiger partial charge in [-0.25, -0.2) is 0 Å². The maximum Gasteiger partial charge on any atom is 0.416 e. The Morgan fingerprint density at radius 3 is 2.10 bits per heavy atom. The second-order valence-electron chi connectivity index (χ2n) is 6.59. The maximum absolute atomic E-state index is 12.9. The third-order valence-electron chi connectivity index (χ3n) is 4.32. The summed E-state index contributed by atoms with van der Waals surface area (Å²) >= 11 is 0. The summed E-state index contributed by atoms with van der Waals surface area (Å²) in [6, 6.07) is 10.8. The first kappa shape index (κ1) is 22.1. The third kappa shape index (κ3) is 5.33. The van der Waals surface area contributed by atoms with E-state index in [1.807, 2.05) is 0 Å². The van der Waals surface area contributed by atoms with Crippen LogP contribution in [0.2, 0.25) is 0 Å². The van der Waals surface area contributed by atoms with Gasteiger partial charge in [0.2, 0.25) is 0 Å². The number of nitrogens with zero attached hydrogens (tertiary/aromatic N) is 1. The summed E-state index contributed by atoms with van der Waals surface area (Å²) in [5.74, 6) is -0.942. The predicted molar refractivity (Wildman–Crippen MR) is 101 cm³/mol. The van der Waals surface area contributed by atoms with Crippen LogP contribution in [0.4, 0.5) is 32.0 Å². The van der Waals surface area contributed by atoms with Crippen molar-refractivity contribution in [3.05, 3.63) is 99.5 Å². The molecule has 0 spiro atoms. The quantitative estimate of drug-likeness (QED) is 0.568. The molecule has 0 aliphatic rings. The van der Waals surface area contributed by atoms with Gasteiger partial charge in [-0.05, 0) is 48.0 Å². The molecule has 1 N–H and O–H groups in total. The summed E-state index contributed by atoms with van der Waals surface area (Å²) < 4.78 is 78.1. The van der Waals surface area contributed by atoms with E-state index in [-0.39, 0.29) is 23.4 Å². The standard InChI is InChI=1S/C21H14F6N2O2/c22-20(23,24)14-5-1-4-13(10-14)12-29-9-3-8-17(19(29)31)18(30)28-16-7-2-6-15(11-16)21(25,26)27/h1-11H,12H2,(H,28,30). The minimum atomic E-state index is -4.61. The Balaban J connectivity index is 1.84. The molecule has 3 rings (SSSR count). The van der Waals surface area contributed by atoms with Gasteiger partial charge < -0.3 is 9.88 Å². The van der Waals surface area contributed by atoms with Crippen molar-refractivity contribution in [2.45, 2.75) is 18.9 Å². The molecule has 0 aliphatic heterocycles. The number of anilines is 1. The van der Waals surface area contributed by atoms with Gasteiger partial charge in [-0.2, -0.15) is 26.3 Å². The second kappa shape index (κ2) is 8.29. The lowest BCUT2D eigenvalue weighted by atomic mass is 10.1. The number of nitrogens with one attached hydrogen (secondary N) is 1. The molecule has 1 aromatic heterocycles. The minimum absolute atomic E-state index is 0.160. The van der Waals surface area contributed by atoms with Crippen LogP contribution in [-0.2, 0) is 18.9 Å². The molecular formula is C21H14F6N2O2. The SMILES string of the molecule is O=C(Nc1cccc(C(F)(F)F)c1)c1cccn(Cc2cccc(C(F)(F)F)c2)c1=O. The zero-order chi connectivity index (χ0) is 22.8. The number of carbonyl (C=O) groups is 1. The fourth-order valence-electron chi connectivity index (χ4n) is 2.85. The number of benzene rings is 2. The number of carbonyl (C=O) groups excluding carboxylic acids is 1. The van der Waals surface area contributed by atoms with Gasteiger partial charge in [-0.15, -0.1) is 0 Å². The normalized spacial score (nSPS) is 11.9. The van der Waals surface area contributed by atoms with E-state index in [1.54, 1.807) is 0 Å². The lowest BCUT2D eigenvalue weighted by Gasteiger charge is -2.12. The summed E-state index contributed by atoms with van der Waals surface area (Å²) in [7, 11) is 0. The van der Waals surface area contributed by atoms with Crippen LogP contribution in [0.5, 0.6) is 0 Å². The van der Waals surface area contributed by atoms with Crippen molar-refractivity contribution in [1.29, 1.82) is 0 Å². The Labute approximate surface area is 171 Å². The number of rotatable bonds is 4. The lowest BCUT2D eigenvalue weighted by Crippen LogP contribution is -2.29. The number of hydrogen-bond acceptors (Lipinski definition) is 2. The molecule has 0 saturated carbocycles. The summed E-state index contributed by atoms with van der Waals surface area (Å²) in [4.78, 5) is 25.0. The van der Waals surface area contributed by atoms with Gasteiger partial charge in [0.1, 0.15) is 5.56 Å². The molecule has 162 valence electrons. The molecule has 0 saturated heterocycles. The maximum atomic E-state index is 12.9. The molecule has 0 radical (unpaired) electrons. The summed E-state index contributed by atoms with van der Waals surface area (Å²) in [6.07, 6.45) is -7.86. The van der Waals surface area contributed by atoms with Crippen LogP contribution >= 0.6 is 0 Å². The first-order valence-corrected chi connectivity index (χ1v) is 8.79. The highest BCUT2D eigenvalue weighted by atomic mass is 19.4. The highest BCUT2D eigenvalue weighted by Gasteiger charge is 2.31. The molecular weight excluding hydrogens is 426 g/mol. The predicted octanol–water partition coefficient (Wildman–Crippen LogP) is 5.19. The molecule has 0 unspecified atom stereocenters. The molecule has 1 amide bonds. The van der Waals surface area contributed by atoms with Crippen LogP contribution in [0.3, 0.4) is 0 Å². The smallest absolute Gasteiger partial charge is 0.322 e. The van der Waals surface area contributed by atoms with Crippen molar-refractivity contribution in [2.75, 3.05) is 5.32 Å². The Morgan fingerprint density at radius 2 is 1.45 bits per heavy atom. The van der Waals surface area contributed by atoms with Crippen molar-refractivity contribution >= 4 is 11.6 Å². The van der Waals surface area contributed by atoms with Gasteiger partial charge in [0.05, 0.1) is 17.7 Å². The highest BCUT2D eigenvalue weighted by Crippen LogP contribution is 2.31. The minimum Gasteiger partial charge on any atom is -0.322 e. The molecule has 31 heavy (non-hydrogen) atoms. The highest BCUT2D eigenvalue weighted by molar-refractivity contribution is 6.04. The van der Waals surface area contributed by atoms with Crippen LogP contribution in [0.1, 0.15) is 27.0 Å². The molecule has 4 nitrogen and oxygen atoms in total. The van der Waals surface area contributed by atoms with E-state index in [4.69, 9.17) is 0 Å². The van der Waals surface area contributed by atoms with Gasteiger partial charge in [-0.1, -0.05) is 18.2 Å². The average Bonchev–Trinajstić information content (AvgIpc) is 2.68. The Kier molecular flexibility index (Phi) is 5.92. The van der Waals surface area contributed by atoms with Crippen molar-refractivity contribution in [1.82, 2.24) is 4.57 Å². The topological polar surface area (TPSA) is 51.1 Å². The molecule has 0 bridgehead atoms. The molecule has 2 aromatic carbocycles. The Hall–Kier alpha value is -3.56. The van der Waals surface area contributed by atoms with Gasteiger partial charge in [0.25, 0.3) is 11.5 Å². The van der Waals surface area contributed by atoms with Crippen molar-refractivity contribution in [3.63, 3.8) is 0 Å². The molecule has 1 heterocycles. The van der Waals surface area contributed by atoms with Gasteiger partial charge in [-0.3, -0.25) is 9.59 Å². The molecule has 0 aliphatic carbocycles. The summed E-state index contributed by atoms with van der Waals surface area (Å²) in [5.41, 5.74) is -2.99. The average molecular weight is 440 g/mol. The third-order valence-corrected chi connectivity index (χ3v) is 4.32. The first-order chi connectivity index (χ1) is 14.4. The Morgan fingerprint density at radius 1 is 0.839 bits per heavy atom. The van der Waals surface area contributed by atoms with Gasteiger partial charge >= 0.3 is 12.4 Å². The van der Waals surface area contributed by atoms with Crippen LogP contribution in [-0.4, -0.2) is 10.5 Å². The zero-order valence-electron chi connectivity index (χ0n) is 15.6. The Bertz CT molecular complexity index is 1170. The zero-order valence-corrected chi connectivity index (χ0v) is 15.6. The van der Waals surface area contributed by atoms with Crippen LogP contribution in [0.25, 0.3) is 0 Å². The van der Waals surface area contributed by atoms with E-state index < -0.39 is 34.9 Å². The number of amides is 1. The monoisotopic (exact) mass is 440 g/mol. The summed E-state index contributed by atoms with van der Waals surface area (Å²) in [5, 5.41) is 2.23. The first-order valence-electron chi connectivity index (χ1n) is 8.79. The molecule has 3 aromatic rings. The van der Waals surface area contributed by atoms with E-state index in [0.29, 0.717) is 0 Å². The number of pyridine rings is 1. The van der Waals surface area contributed by atoms with E-state index in [1.165, 1.54) is 36.5 Å². The number of aromatic nitrogens is 1. The molecule has 10 heteroatoms. The largest absolute Gasteiger partial charge is 0.416 e. The number of halogens is 6. The van der Waals surface area contributed by atoms with E-state index in [9.17, 15) is 35.9 Å². The fourth-order valence-corrected chi connectivity index (χ4v) is 2.85. The van der Waals surface area contributed by atoms with E-state index in [0.717, 1.165) is 34.9 Å². The van der Waals surface area contributed by atoms with Gasteiger partial charge in [0.15, 0.2) is 0 Å². The number of alkyl halides is 6. The lowest BCUT2D eigenvalue weighted by molar-refractivity contribution is -0.138. The van der Waals surface area contributed by atoms with Crippen LogP contribution in [0, 0.1) is 0 Å². The van der Waals surface area contributed by atoms with E-state index >= 15 is 0 Å². The van der Waals surface area contributed by atoms with E-state index in [2.05, 4.69) is 5.32 Å². The fraction of sp³-hybridized carbons (Fsp3) is 0.143. The number of hydrogen-bond donors (Lipinski definition) is 1. The molecule has 0 atom stereocenters. The van der Waals surface area contributed by atoms with Crippen molar-refractivity contribution in [3.8, 4) is 0 Å². The van der Waals surface area contributed by atoms with Crippen molar-refractivity contribution < 1.29 is 31.1 Å². The van der Waals surface area contributed by atoms with Crippen molar-refractivity contribution in [2.24, 2.45) is 0 Å². The van der Waals surface area contributed by atoms with Crippen LogP contribution < -0.4 is 10.9 Å². The molecule has 0 fully saturated rings. The van der Waals surface area contributed by atoms with Gasteiger partial charge in [0, 0.05) is 11.9 Å². The van der Waals surface area contributed by atoms with Crippen LogP contribution in [0.15, 0.2) is 71.7 Å².